The van der Waals surface area contributed by atoms with Gasteiger partial charge in [0.05, 0.1) is 17.1 Å². The Hall–Kier alpha value is -4.00. The number of para-hydroxylation sites is 2. The molecule has 1 amide bonds. The van der Waals surface area contributed by atoms with Gasteiger partial charge in [0.25, 0.3) is 11.6 Å². The summed E-state index contributed by atoms with van der Waals surface area (Å²) >= 11 is 0. The maximum atomic E-state index is 12.9. The van der Waals surface area contributed by atoms with Crippen LogP contribution < -0.4 is 10.2 Å². The van der Waals surface area contributed by atoms with E-state index in [0.29, 0.717) is 17.1 Å². The van der Waals surface area contributed by atoms with Gasteiger partial charge >= 0.3 is 0 Å². The number of nitrogens with one attached hydrogen (secondary N) is 1. The van der Waals surface area contributed by atoms with Crippen LogP contribution in [0.15, 0.2) is 77.9 Å². The van der Waals surface area contributed by atoms with Gasteiger partial charge in [-0.05, 0) is 12.1 Å². The number of rotatable bonds is 4. The summed E-state index contributed by atoms with van der Waals surface area (Å²) in [5.74, 6) is 0.376. The Morgan fingerprint density at radius 3 is 2.29 bits per heavy atom. The van der Waals surface area contributed by atoms with Gasteiger partial charge in [0.2, 0.25) is 0 Å². The van der Waals surface area contributed by atoms with Gasteiger partial charge in [0, 0.05) is 28.8 Å². The third-order valence-corrected chi connectivity index (χ3v) is 4.41. The zero-order chi connectivity index (χ0) is 19.5. The normalized spacial score (nSPS) is 12.7. The molecule has 0 atom stereocenters. The van der Waals surface area contributed by atoms with Crippen LogP contribution in [0.1, 0.15) is 22.6 Å². The first kappa shape index (κ1) is 17.4. The number of non-ortho nitro benzene ring substituents is 1. The molecule has 0 fully saturated rings. The van der Waals surface area contributed by atoms with Crippen LogP contribution in [0.5, 0.6) is 11.5 Å². The number of benzene rings is 3. The van der Waals surface area contributed by atoms with E-state index in [1.807, 2.05) is 48.5 Å². The molecule has 0 aromatic heterocycles. The first-order valence-electron chi connectivity index (χ1n) is 8.56. The average molecular weight is 373 g/mol. The molecule has 3 aromatic carbocycles. The Bertz CT molecular complexity index is 1050. The number of hydrogen-bond acceptors (Lipinski definition) is 5. The molecule has 7 nitrogen and oxygen atoms in total. The maximum absolute atomic E-state index is 12.9. The molecule has 7 heteroatoms. The number of hydrazone groups is 1. The van der Waals surface area contributed by atoms with Gasteiger partial charge in [-0.15, -0.1) is 0 Å². The molecule has 1 aliphatic rings. The second kappa shape index (κ2) is 7.32. The summed E-state index contributed by atoms with van der Waals surface area (Å²) in [4.78, 5) is 23.3. The van der Waals surface area contributed by atoms with Crippen molar-refractivity contribution in [1.82, 2.24) is 5.43 Å². The number of carbonyl (C=O) groups excluding carboxylic acids is 1. The van der Waals surface area contributed by atoms with Gasteiger partial charge in [-0.3, -0.25) is 14.9 Å². The molecule has 0 spiro atoms. The lowest BCUT2D eigenvalue weighted by Crippen LogP contribution is -2.28. The van der Waals surface area contributed by atoms with Gasteiger partial charge in [0.1, 0.15) is 11.5 Å². The zero-order valence-corrected chi connectivity index (χ0v) is 14.6. The Morgan fingerprint density at radius 2 is 1.64 bits per heavy atom. The van der Waals surface area contributed by atoms with Gasteiger partial charge in [0.15, 0.2) is 0 Å². The fraction of sp³-hybridized carbons (Fsp3) is 0.0476. The highest BCUT2D eigenvalue weighted by Crippen LogP contribution is 2.43. The van der Waals surface area contributed by atoms with Gasteiger partial charge in [-0.25, -0.2) is 5.43 Å². The second-order valence-corrected chi connectivity index (χ2v) is 6.20. The zero-order valence-electron chi connectivity index (χ0n) is 14.6. The molecule has 1 aliphatic heterocycles. The maximum Gasteiger partial charge on any atom is 0.270 e. The molecular weight excluding hydrogens is 358 g/mol. The number of nitro benzene ring substituents is 1. The third-order valence-electron chi connectivity index (χ3n) is 4.41. The van der Waals surface area contributed by atoms with Crippen molar-refractivity contribution >= 4 is 17.8 Å². The van der Waals surface area contributed by atoms with Gasteiger partial charge in [-0.2, -0.15) is 5.10 Å². The number of fused-ring (bicyclic) bond motifs is 2. The van der Waals surface area contributed by atoms with E-state index in [9.17, 15) is 14.9 Å². The van der Waals surface area contributed by atoms with E-state index in [1.165, 1.54) is 18.3 Å². The molecular formula is C21H15N3O4. The van der Waals surface area contributed by atoms with Crippen LogP contribution in [0.4, 0.5) is 5.69 Å². The summed E-state index contributed by atoms with van der Waals surface area (Å²) in [7, 11) is 0. The Labute approximate surface area is 160 Å². The quantitative estimate of drug-likeness (QED) is 0.425. The molecule has 0 radical (unpaired) electrons. The van der Waals surface area contributed by atoms with E-state index in [0.717, 1.165) is 11.1 Å². The Balaban J connectivity index is 1.59. The minimum Gasteiger partial charge on any atom is -0.457 e. The lowest BCUT2D eigenvalue weighted by Gasteiger charge is -2.26. The second-order valence-electron chi connectivity index (χ2n) is 6.20. The van der Waals surface area contributed by atoms with Crippen molar-refractivity contribution in [2.75, 3.05) is 0 Å². The van der Waals surface area contributed by atoms with Gasteiger partial charge < -0.3 is 4.74 Å². The number of hydrogen-bond donors (Lipinski definition) is 1. The fourth-order valence-corrected chi connectivity index (χ4v) is 3.15. The summed E-state index contributed by atoms with van der Waals surface area (Å²) in [5, 5.41) is 14.8. The van der Waals surface area contributed by atoms with Crippen molar-refractivity contribution in [3.05, 3.63) is 99.6 Å². The SMILES string of the molecule is O=C(N/N=C/c1cccc([N+](=O)[O-])c1)C1c2ccccc2Oc2ccccc21. The van der Waals surface area contributed by atoms with Crippen LogP contribution in [0.25, 0.3) is 0 Å². The minimum atomic E-state index is -0.566. The van der Waals surface area contributed by atoms with Crippen LogP contribution >= 0.6 is 0 Å². The fourth-order valence-electron chi connectivity index (χ4n) is 3.15. The highest BCUT2D eigenvalue weighted by atomic mass is 16.6. The molecule has 0 aliphatic carbocycles. The van der Waals surface area contributed by atoms with E-state index in [-0.39, 0.29) is 11.6 Å². The molecule has 0 bridgehead atoms. The van der Waals surface area contributed by atoms with Crippen molar-refractivity contribution in [2.45, 2.75) is 5.92 Å². The summed E-state index contributed by atoms with van der Waals surface area (Å²) in [5.41, 5.74) is 4.52. The number of nitro groups is 1. The molecule has 1 N–H and O–H groups in total. The molecule has 3 aromatic rings. The monoisotopic (exact) mass is 373 g/mol. The minimum absolute atomic E-state index is 0.0393. The van der Waals surface area contributed by atoms with E-state index in [2.05, 4.69) is 10.5 Å². The third kappa shape index (κ3) is 3.33. The first-order chi connectivity index (χ1) is 13.6. The number of carbonyl (C=O) groups is 1. The predicted octanol–water partition coefficient (Wildman–Crippen LogP) is 3.98. The summed E-state index contributed by atoms with van der Waals surface area (Å²) in [6.07, 6.45) is 1.38. The predicted molar refractivity (Wildman–Crippen MR) is 104 cm³/mol. The van der Waals surface area contributed by atoms with E-state index in [4.69, 9.17) is 4.74 Å². The van der Waals surface area contributed by atoms with E-state index < -0.39 is 10.8 Å². The highest BCUT2D eigenvalue weighted by Gasteiger charge is 2.32. The number of nitrogens with zero attached hydrogens (tertiary/aromatic N) is 2. The Kier molecular flexibility index (Phi) is 4.55. The molecule has 0 saturated carbocycles. The van der Waals surface area contributed by atoms with Gasteiger partial charge in [-0.1, -0.05) is 48.5 Å². The molecule has 4 rings (SSSR count). The van der Waals surface area contributed by atoms with Crippen LogP contribution in [0.2, 0.25) is 0 Å². The van der Waals surface area contributed by atoms with Crippen molar-refractivity contribution in [1.29, 1.82) is 0 Å². The largest absolute Gasteiger partial charge is 0.457 e. The smallest absolute Gasteiger partial charge is 0.270 e. The number of amides is 1. The van der Waals surface area contributed by atoms with Crippen molar-refractivity contribution in [3.8, 4) is 11.5 Å². The summed E-state index contributed by atoms with van der Waals surface area (Å²) < 4.78 is 5.88. The van der Waals surface area contributed by atoms with Crippen LogP contribution in [-0.4, -0.2) is 17.0 Å². The van der Waals surface area contributed by atoms with E-state index >= 15 is 0 Å². The summed E-state index contributed by atoms with van der Waals surface area (Å²) in [6.45, 7) is 0. The molecule has 138 valence electrons. The highest BCUT2D eigenvalue weighted by molar-refractivity contribution is 5.90. The first-order valence-corrected chi connectivity index (χ1v) is 8.56. The lowest BCUT2D eigenvalue weighted by molar-refractivity contribution is -0.384. The number of ether oxygens (including phenoxy) is 1. The molecule has 0 unspecified atom stereocenters. The Morgan fingerprint density at radius 1 is 1.00 bits per heavy atom. The van der Waals surface area contributed by atoms with E-state index in [1.54, 1.807) is 12.1 Å². The van der Waals surface area contributed by atoms with Crippen molar-refractivity contribution in [3.63, 3.8) is 0 Å². The van der Waals surface area contributed by atoms with Crippen molar-refractivity contribution < 1.29 is 14.5 Å². The average Bonchev–Trinajstić information content (AvgIpc) is 2.72. The van der Waals surface area contributed by atoms with Crippen molar-refractivity contribution in [2.24, 2.45) is 5.10 Å². The van der Waals surface area contributed by atoms with Crippen LogP contribution in [0, 0.1) is 10.1 Å². The van der Waals surface area contributed by atoms with Crippen LogP contribution in [-0.2, 0) is 4.79 Å². The van der Waals surface area contributed by atoms with Crippen LogP contribution in [0.3, 0.4) is 0 Å². The molecule has 28 heavy (non-hydrogen) atoms. The standard InChI is InChI=1S/C21H15N3O4/c25-21(23-22-13-14-6-5-7-15(12-14)24(26)27)20-16-8-1-3-10-18(16)28-19-11-4-2-9-17(19)20/h1-13,20H,(H,23,25)/b22-13+. The molecule has 1 heterocycles. The lowest BCUT2D eigenvalue weighted by atomic mass is 9.87. The summed E-state index contributed by atoms with van der Waals surface area (Å²) in [6, 6.07) is 20.7. The molecule has 0 saturated heterocycles. The topological polar surface area (TPSA) is 93.8 Å².